The number of ketones is 4. The predicted octanol–water partition coefficient (Wildman–Crippen LogP) is 3.68. The fraction of sp³-hybridized carbons (Fsp3) is 0.514. The number of nitrogens with one attached hydrogen (secondary N) is 1. The number of carbonyl (C=O) groups excluding carboxylic acids is 8. The van der Waals surface area contributed by atoms with E-state index in [9.17, 15) is 84.3 Å². The van der Waals surface area contributed by atoms with Gasteiger partial charge in [-0.3, -0.25) is 24.0 Å². The Labute approximate surface area is 569 Å². The second-order valence-electron chi connectivity index (χ2n) is 27.7. The molecule has 28 heteroatoms. The number of benzene rings is 4. The molecule has 11 rings (SSSR count). The van der Waals surface area contributed by atoms with Crippen molar-refractivity contribution < 1.29 is 122 Å². The average molecular weight is 1390 g/mol. The van der Waals surface area contributed by atoms with Crippen LogP contribution in [0.1, 0.15) is 159 Å². The second kappa shape index (κ2) is 27.4. The highest BCUT2D eigenvalue weighted by Crippen LogP contribution is 2.64. The summed E-state index contributed by atoms with van der Waals surface area (Å²) in [6.45, 7) is 12.4. The van der Waals surface area contributed by atoms with Crippen molar-refractivity contribution in [2.75, 3.05) is 20.3 Å². The number of phenolic OH excluding ortho intramolecular Hbond substituents is 2. The van der Waals surface area contributed by atoms with Gasteiger partial charge in [-0.15, -0.1) is 12.4 Å². The zero-order valence-corrected chi connectivity index (χ0v) is 56.3. The Morgan fingerprint density at radius 1 is 0.827 bits per heavy atom. The number of esters is 3. The van der Waals surface area contributed by atoms with Crippen LogP contribution in [0.2, 0.25) is 0 Å². The standard InChI is InChI=1S/C43H53NO14.C27H29NO11.ClH/c1-22-26(55-37(51)32(48)30(24-15-11-9-12-16-24)44-38(52)58-39(3,4)5)20-43(53)35(56-36(50)25-17-13-10-14-18-25)33-41(8,34(49)31(47)29(22)40(43,6)7)27(46)19-28-42(33,21-54-28)57-23(2)45;1-10-22(31)13(28)6-17(38-10)39-15-8-27(36,16(30)9-29)7-12-19(15)26(35)21-20(24(12)33)23(32)11-4-3-5-14(37-2)18(11)25(21)34;/h9-18,26-28,30-33,35,46-48,53H,19-21H2,1-8H3,(H,44,52);3-5,10,13,15,17,22,29,31,33,35-36H,6-9,28H2,1-2H3;1H/t26-,27-,28+,30-,31+,32+,33-,35-,41+,42-,43+;10-,13-,15-,17-,22+,27-;/m00./s1. The van der Waals surface area contributed by atoms with E-state index in [2.05, 4.69) is 5.32 Å². The van der Waals surface area contributed by atoms with Gasteiger partial charge in [-0.2, -0.15) is 0 Å². The predicted molar refractivity (Wildman–Crippen MR) is 343 cm³/mol. The molecule has 0 aromatic heterocycles. The number of alkyl carbamates (subject to hydrolysis) is 1. The average Bonchev–Trinajstić information content (AvgIpc) is 0.674. The molecule has 4 aromatic rings. The van der Waals surface area contributed by atoms with Gasteiger partial charge in [-0.05, 0) is 76.5 Å². The monoisotopic (exact) mass is 1390 g/mol. The molecule has 2 aliphatic heterocycles. The van der Waals surface area contributed by atoms with Crippen LogP contribution >= 0.6 is 12.4 Å². The molecule has 0 spiro atoms. The zero-order valence-electron chi connectivity index (χ0n) is 55.5. The first-order valence-electron chi connectivity index (χ1n) is 31.7. The molecule has 2 saturated heterocycles. The molecule has 530 valence electrons. The first-order valence-corrected chi connectivity index (χ1v) is 31.7. The van der Waals surface area contributed by atoms with Crippen LogP contribution in [-0.4, -0.2) is 197 Å². The first-order chi connectivity index (χ1) is 45.4. The van der Waals surface area contributed by atoms with Crippen LogP contribution in [0.25, 0.3) is 0 Å². The fourth-order valence-corrected chi connectivity index (χ4v) is 15.3. The number of halogens is 1. The summed E-state index contributed by atoms with van der Waals surface area (Å²) in [6.07, 6.45) is -16.6. The van der Waals surface area contributed by atoms with E-state index >= 15 is 0 Å². The number of aromatic hydroxyl groups is 2. The number of fused-ring (bicyclic) bond motifs is 8. The number of Topliss-reactive ketones (excluding diaryl/α,β-unsaturated/α-hetero) is 2. The quantitative estimate of drug-likeness (QED) is 0.0346. The third-order valence-electron chi connectivity index (χ3n) is 20.4. The van der Waals surface area contributed by atoms with E-state index in [4.69, 9.17) is 43.6 Å². The highest BCUT2D eigenvalue weighted by Gasteiger charge is 2.78. The third-order valence-corrected chi connectivity index (χ3v) is 20.4. The molecule has 5 aliphatic carbocycles. The van der Waals surface area contributed by atoms with Crippen molar-refractivity contribution in [3.8, 4) is 17.2 Å². The number of nitrogens with two attached hydrogens (primary N) is 1. The molecule has 17 atom stereocenters. The van der Waals surface area contributed by atoms with Crippen molar-refractivity contribution in [3.05, 3.63) is 135 Å². The second-order valence-corrected chi connectivity index (χ2v) is 27.7. The van der Waals surface area contributed by atoms with E-state index in [1.54, 1.807) is 90.1 Å². The van der Waals surface area contributed by atoms with E-state index in [-0.39, 0.29) is 76.6 Å². The topological polar surface area (TPSA) is 431 Å². The Morgan fingerprint density at radius 2 is 1.46 bits per heavy atom. The van der Waals surface area contributed by atoms with Crippen LogP contribution in [0.5, 0.6) is 17.2 Å². The van der Waals surface area contributed by atoms with Gasteiger partial charge in [0.1, 0.15) is 65.1 Å². The summed E-state index contributed by atoms with van der Waals surface area (Å²) in [6, 6.07) is 18.3. The highest BCUT2D eigenvalue weighted by atomic mass is 35.5. The Morgan fingerprint density at radius 3 is 2.04 bits per heavy atom. The number of aliphatic hydroxyl groups is 7. The Balaban J connectivity index is 0.000000244. The number of methoxy groups -OCH3 is 1. The van der Waals surface area contributed by atoms with Crippen molar-refractivity contribution >= 4 is 59.5 Å². The molecule has 0 unspecified atom stereocenters. The zero-order chi connectivity index (χ0) is 71.1. The van der Waals surface area contributed by atoms with E-state index < -0.39 is 208 Å². The van der Waals surface area contributed by atoms with Crippen molar-refractivity contribution in [3.63, 3.8) is 0 Å². The maximum absolute atomic E-state index is 14.9. The molecule has 2 saturated carbocycles. The van der Waals surface area contributed by atoms with Crippen molar-refractivity contribution in [2.45, 2.75) is 190 Å². The number of hydrogen-bond donors (Lipinski definition) is 11. The van der Waals surface area contributed by atoms with Crippen molar-refractivity contribution in [1.82, 2.24) is 5.32 Å². The van der Waals surface area contributed by atoms with Gasteiger partial charge in [-0.25, -0.2) is 14.4 Å². The smallest absolute Gasteiger partial charge is 0.408 e. The highest BCUT2D eigenvalue weighted by molar-refractivity contribution is 6.31. The number of aliphatic hydroxyl groups excluding tert-OH is 5. The van der Waals surface area contributed by atoms with Gasteiger partial charge >= 0.3 is 24.0 Å². The molecule has 4 fully saturated rings. The van der Waals surface area contributed by atoms with Gasteiger partial charge in [0.15, 0.2) is 35.3 Å². The van der Waals surface area contributed by atoms with Crippen molar-refractivity contribution in [2.24, 2.45) is 22.5 Å². The molecule has 12 N–H and O–H groups in total. The third kappa shape index (κ3) is 12.7. The minimum atomic E-state index is -2.35. The van der Waals surface area contributed by atoms with Crippen LogP contribution in [-0.2, 0) is 58.8 Å². The van der Waals surface area contributed by atoms with Crippen molar-refractivity contribution in [1.29, 1.82) is 0 Å². The Bertz CT molecular complexity index is 3850. The van der Waals surface area contributed by atoms with Gasteiger partial charge in [0, 0.05) is 67.2 Å². The maximum Gasteiger partial charge on any atom is 0.408 e. The molecule has 4 aromatic carbocycles. The molecule has 98 heavy (non-hydrogen) atoms. The van der Waals surface area contributed by atoms with Gasteiger partial charge < -0.3 is 94.9 Å². The van der Waals surface area contributed by atoms with Gasteiger partial charge in [0.2, 0.25) is 5.78 Å². The van der Waals surface area contributed by atoms with Gasteiger partial charge in [0.25, 0.3) is 0 Å². The van der Waals surface area contributed by atoms with Crippen LogP contribution in [0.4, 0.5) is 4.79 Å². The normalized spacial score (nSPS) is 31.8. The molecule has 1 amide bonds. The van der Waals surface area contributed by atoms with Gasteiger partial charge in [0.05, 0.1) is 77.8 Å². The summed E-state index contributed by atoms with van der Waals surface area (Å²) in [7, 11) is 1.32. The Hall–Kier alpha value is -7.77. The summed E-state index contributed by atoms with van der Waals surface area (Å²) in [5.74, 6) is -9.14. The summed E-state index contributed by atoms with van der Waals surface area (Å²) in [5.41, 5.74) is -5.76. The van der Waals surface area contributed by atoms with Crippen LogP contribution < -0.4 is 15.8 Å². The summed E-state index contributed by atoms with van der Waals surface area (Å²) < 4.78 is 46.5. The summed E-state index contributed by atoms with van der Waals surface area (Å²) in [5, 5.41) is 105. The SMILES string of the molecule is CC(=O)O[C@@]12CO[C@@H]1C[C@H](O)[C@@]1(C)C(=O)[C@H](O)C3=C(C)[C@@H](OC(=O)[C@H](O)[C@@H](NC(=O)OC(C)(C)C)c4ccccc4)C[C@@](O)([C@@H](OC(=O)c4ccccc4)[C@H]21)C3(C)C.COc1cccc2c1C(=O)c1c(O)c3c(c(O)c1C2=O)C[C@@](O)(C(=O)CO)C[C@@H]3O[C@H]1C[C@H](N)[C@H](O)[C@H](C)O1.Cl. The number of hydrogen-bond acceptors (Lipinski definition) is 26. The number of carbonyl (C=O) groups is 8. The molecular formula is C70H83ClN2O25. The van der Waals surface area contributed by atoms with Crippen LogP contribution in [0.15, 0.2) is 90.0 Å². The number of ether oxygens (including phenoxy) is 8. The largest absolute Gasteiger partial charge is 0.507 e. The first kappa shape index (κ1) is 74.5. The van der Waals surface area contributed by atoms with Gasteiger partial charge in [-0.1, -0.05) is 74.5 Å². The molecule has 2 bridgehead atoms. The lowest BCUT2D eigenvalue weighted by Crippen LogP contribution is -2.81. The lowest BCUT2D eigenvalue weighted by molar-refractivity contribution is -0.346. The molecule has 2 heterocycles. The maximum atomic E-state index is 14.9. The summed E-state index contributed by atoms with van der Waals surface area (Å²) in [4.78, 5) is 109. The van der Waals surface area contributed by atoms with Crippen LogP contribution in [0.3, 0.4) is 0 Å². The minimum absolute atomic E-state index is 0. The van der Waals surface area contributed by atoms with E-state index in [1.807, 2.05) is 0 Å². The lowest BCUT2D eigenvalue weighted by Gasteiger charge is -2.67. The summed E-state index contributed by atoms with van der Waals surface area (Å²) >= 11 is 0. The lowest BCUT2D eigenvalue weighted by atomic mass is 9.44. The van der Waals surface area contributed by atoms with Crippen LogP contribution in [0, 0.1) is 16.7 Å². The number of amides is 1. The molecule has 27 nitrogen and oxygen atoms in total. The Kier molecular flexibility index (Phi) is 20.8. The minimum Gasteiger partial charge on any atom is -0.507 e. The molecule has 7 aliphatic rings. The number of phenols is 2. The molecular weight excluding hydrogens is 1300 g/mol. The van der Waals surface area contributed by atoms with E-state index in [0.717, 1.165) is 6.92 Å². The fourth-order valence-electron chi connectivity index (χ4n) is 15.3. The molecule has 0 radical (unpaired) electrons. The van der Waals surface area contributed by atoms with E-state index in [0.29, 0.717) is 5.56 Å². The number of rotatable bonds is 13. The van der Waals surface area contributed by atoms with E-state index in [1.165, 1.54) is 51.3 Å².